The van der Waals surface area contributed by atoms with Crippen LogP contribution in [-0.2, 0) is 6.54 Å². The third-order valence-corrected chi connectivity index (χ3v) is 2.82. The van der Waals surface area contributed by atoms with E-state index in [9.17, 15) is 14.0 Å². The molecule has 6 nitrogen and oxygen atoms in total. The van der Waals surface area contributed by atoms with Gasteiger partial charge in [-0.25, -0.2) is 9.18 Å². The molecule has 2 rings (SSSR count). The molecule has 0 saturated heterocycles. The maximum absolute atomic E-state index is 13.4. The molecule has 0 aliphatic heterocycles. The van der Waals surface area contributed by atoms with Gasteiger partial charge in [-0.05, 0) is 30.1 Å². The minimum atomic E-state index is -1.79. The molecular formula is C12H12BFN2O4. The van der Waals surface area contributed by atoms with Crippen molar-refractivity contribution >= 4 is 12.6 Å². The van der Waals surface area contributed by atoms with Gasteiger partial charge < -0.3 is 10.0 Å². The molecule has 3 N–H and O–H groups in total. The quantitative estimate of drug-likeness (QED) is 0.609. The van der Waals surface area contributed by atoms with Gasteiger partial charge in [-0.3, -0.25) is 14.3 Å². The van der Waals surface area contributed by atoms with Crippen LogP contribution in [0.2, 0.25) is 0 Å². The van der Waals surface area contributed by atoms with Gasteiger partial charge in [-0.1, -0.05) is 6.07 Å². The van der Waals surface area contributed by atoms with Gasteiger partial charge in [0, 0.05) is 11.8 Å². The van der Waals surface area contributed by atoms with Crippen molar-refractivity contribution < 1.29 is 14.4 Å². The van der Waals surface area contributed by atoms with Crippen molar-refractivity contribution in [3.63, 3.8) is 0 Å². The highest BCUT2D eigenvalue weighted by Crippen LogP contribution is 2.04. The summed E-state index contributed by atoms with van der Waals surface area (Å²) in [5.41, 5.74) is -0.368. The normalized spacial score (nSPS) is 10.6. The first-order valence-electron chi connectivity index (χ1n) is 5.82. The Kier molecular flexibility index (Phi) is 3.87. The largest absolute Gasteiger partial charge is 0.488 e. The average Bonchev–Trinajstić information content (AvgIpc) is 2.35. The summed E-state index contributed by atoms with van der Waals surface area (Å²) in [5, 5.41) is 18.1. The molecule has 0 amide bonds. The van der Waals surface area contributed by atoms with Crippen molar-refractivity contribution in [1.82, 2.24) is 9.55 Å². The lowest BCUT2D eigenvalue weighted by Gasteiger charge is -2.08. The van der Waals surface area contributed by atoms with Gasteiger partial charge in [0.25, 0.3) is 5.56 Å². The molecule has 0 unspecified atom stereocenters. The van der Waals surface area contributed by atoms with Crippen molar-refractivity contribution in [2.24, 2.45) is 0 Å². The lowest BCUT2D eigenvalue weighted by atomic mass is 9.79. The highest BCUT2D eigenvalue weighted by Gasteiger charge is 2.13. The van der Waals surface area contributed by atoms with Crippen LogP contribution < -0.4 is 16.7 Å². The monoisotopic (exact) mass is 278 g/mol. The molecule has 0 fully saturated rings. The molecule has 0 aliphatic rings. The van der Waals surface area contributed by atoms with Crippen LogP contribution in [0.1, 0.15) is 11.1 Å². The number of rotatable bonds is 3. The van der Waals surface area contributed by atoms with Crippen molar-refractivity contribution in [2.45, 2.75) is 13.5 Å². The lowest BCUT2D eigenvalue weighted by Crippen LogP contribution is -2.33. The van der Waals surface area contributed by atoms with Crippen LogP contribution in [0.3, 0.4) is 0 Å². The van der Waals surface area contributed by atoms with Gasteiger partial charge in [0.15, 0.2) is 0 Å². The molecule has 20 heavy (non-hydrogen) atoms. The Morgan fingerprint density at radius 2 is 2.00 bits per heavy atom. The molecule has 0 atom stereocenters. The summed E-state index contributed by atoms with van der Waals surface area (Å²) in [4.78, 5) is 25.0. The smallest absolute Gasteiger partial charge is 0.423 e. The van der Waals surface area contributed by atoms with Crippen LogP contribution in [0.15, 0.2) is 34.0 Å². The molecule has 0 aliphatic carbocycles. The number of nitrogens with zero attached hydrogens (tertiary/aromatic N) is 1. The van der Waals surface area contributed by atoms with E-state index in [0.29, 0.717) is 11.1 Å². The zero-order valence-corrected chi connectivity index (χ0v) is 10.6. The summed E-state index contributed by atoms with van der Waals surface area (Å²) in [7, 11) is -1.79. The second-order valence-corrected chi connectivity index (χ2v) is 4.47. The molecule has 8 heteroatoms. The summed E-state index contributed by atoms with van der Waals surface area (Å²) >= 11 is 0. The van der Waals surface area contributed by atoms with Crippen molar-refractivity contribution in [3.05, 3.63) is 62.2 Å². The fraction of sp³-hybridized carbons (Fsp3) is 0.167. The predicted molar refractivity (Wildman–Crippen MR) is 71.4 cm³/mol. The van der Waals surface area contributed by atoms with Gasteiger partial charge in [-0.15, -0.1) is 0 Å². The Balaban J connectivity index is 2.42. The molecular weight excluding hydrogens is 266 g/mol. The zero-order valence-electron chi connectivity index (χ0n) is 10.6. The minimum absolute atomic E-state index is 0.00537. The number of hydrogen-bond acceptors (Lipinski definition) is 4. The third-order valence-electron chi connectivity index (χ3n) is 2.82. The standard InChI is InChI=1S/C12H12BFN2O4/c1-7-5-16(12(18)15-11(7)17)6-8-2-9(13(19)20)4-10(14)3-8/h2-5,19-20H,6H2,1H3,(H,15,17,18). The maximum Gasteiger partial charge on any atom is 0.488 e. The maximum atomic E-state index is 13.4. The van der Waals surface area contributed by atoms with E-state index in [1.807, 2.05) is 0 Å². The molecule has 0 spiro atoms. The second kappa shape index (κ2) is 5.44. The van der Waals surface area contributed by atoms with Crippen molar-refractivity contribution in [2.75, 3.05) is 0 Å². The number of H-pyrrole nitrogens is 1. The molecule has 1 aromatic heterocycles. The molecule has 104 valence electrons. The van der Waals surface area contributed by atoms with Gasteiger partial charge >= 0.3 is 12.8 Å². The van der Waals surface area contributed by atoms with E-state index >= 15 is 0 Å². The SMILES string of the molecule is Cc1cn(Cc2cc(F)cc(B(O)O)c2)c(=O)[nH]c1=O. The van der Waals surface area contributed by atoms with E-state index < -0.39 is 24.2 Å². The second-order valence-electron chi connectivity index (χ2n) is 4.47. The van der Waals surface area contributed by atoms with Crippen LogP contribution in [0.5, 0.6) is 0 Å². The Morgan fingerprint density at radius 1 is 1.30 bits per heavy atom. The van der Waals surface area contributed by atoms with Crippen LogP contribution in [-0.4, -0.2) is 26.7 Å². The summed E-state index contributed by atoms with van der Waals surface area (Å²) in [6.07, 6.45) is 1.36. The van der Waals surface area contributed by atoms with Gasteiger partial charge in [-0.2, -0.15) is 0 Å². The molecule has 0 saturated carbocycles. The molecule has 1 heterocycles. The Hall–Kier alpha value is -2.19. The number of aromatic nitrogens is 2. The van der Waals surface area contributed by atoms with Crippen LogP contribution in [0.4, 0.5) is 4.39 Å². The van der Waals surface area contributed by atoms with Crippen LogP contribution in [0, 0.1) is 12.7 Å². The van der Waals surface area contributed by atoms with E-state index in [1.54, 1.807) is 6.92 Å². The van der Waals surface area contributed by atoms with Crippen molar-refractivity contribution in [3.8, 4) is 0 Å². The van der Waals surface area contributed by atoms with E-state index in [2.05, 4.69) is 4.98 Å². The molecule has 0 bridgehead atoms. The summed E-state index contributed by atoms with van der Waals surface area (Å²) in [5.74, 6) is -0.639. The van der Waals surface area contributed by atoms with Gasteiger partial charge in [0.05, 0.1) is 6.54 Å². The van der Waals surface area contributed by atoms with E-state index in [1.165, 1.54) is 22.9 Å². The van der Waals surface area contributed by atoms with Crippen LogP contribution in [0.25, 0.3) is 0 Å². The fourth-order valence-corrected chi connectivity index (χ4v) is 1.85. The average molecular weight is 278 g/mol. The van der Waals surface area contributed by atoms with E-state index in [0.717, 1.165) is 6.07 Å². The highest BCUT2D eigenvalue weighted by atomic mass is 19.1. The topological polar surface area (TPSA) is 95.3 Å². The van der Waals surface area contributed by atoms with E-state index in [4.69, 9.17) is 10.0 Å². The Labute approximate surface area is 113 Å². The van der Waals surface area contributed by atoms with E-state index in [-0.39, 0.29) is 12.0 Å². The first-order chi connectivity index (χ1) is 9.36. The Bertz CT molecular complexity index is 754. The van der Waals surface area contributed by atoms with Crippen LogP contribution >= 0.6 is 0 Å². The first-order valence-corrected chi connectivity index (χ1v) is 5.82. The van der Waals surface area contributed by atoms with Gasteiger partial charge in [0.1, 0.15) is 5.82 Å². The number of aryl methyl sites for hydroxylation is 1. The highest BCUT2D eigenvalue weighted by molar-refractivity contribution is 6.58. The number of halogens is 1. The number of hydrogen-bond donors (Lipinski definition) is 3. The summed E-state index contributed by atoms with van der Waals surface area (Å²) in [6.45, 7) is 1.55. The molecule has 0 radical (unpaired) electrons. The Morgan fingerprint density at radius 3 is 2.65 bits per heavy atom. The first kappa shape index (κ1) is 14.2. The summed E-state index contributed by atoms with van der Waals surface area (Å²) in [6, 6.07) is 3.55. The third kappa shape index (κ3) is 3.04. The predicted octanol–water partition coefficient (Wildman–Crippen LogP) is -1.29. The lowest BCUT2D eigenvalue weighted by molar-refractivity contribution is 0.425. The number of benzene rings is 1. The fourth-order valence-electron chi connectivity index (χ4n) is 1.85. The van der Waals surface area contributed by atoms with Gasteiger partial charge in [0.2, 0.25) is 0 Å². The summed E-state index contributed by atoms with van der Waals surface area (Å²) < 4.78 is 14.6. The minimum Gasteiger partial charge on any atom is -0.423 e. The number of aromatic amines is 1. The zero-order chi connectivity index (χ0) is 14.9. The molecule has 2 aromatic rings. The van der Waals surface area contributed by atoms with Crippen molar-refractivity contribution in [1.29, 1.82) is 0 Å². The molecule has 1 aromatic carbocycles. The number of nitrogens with one attached hydrogen (secondary N) is 1.